The Morgan fingerprint density at radius 1 is 0.950 bits per heavy atom. The third-order valence-electron chi connectivity index (χ3n) is 8.84. The van der Waals surface area contributed by atoms with Crippen molar-refractivity contribution >= 4 is 23.4 Å². The van der Waals surface area contributed by atoms with Gasteiger partial charge in [0.05, 0.1) is 30.6 Å². The van der Waals surface area contributed by atoms with E-state index < -0.39 is 35.6 Å². The topological polar surface area (TPSA) is 90.4 Å². The zero-order chi connectivity index (χ0) is 28.2. The van der Waals surface area contributed by atoms with Gasteiger partial charge in [0.25, 0.3) is 5.91 Å². The SMILES string of the molecule is Cc1cccc(C)c1N1CC=C[C@]23O[C@H]4C=CCN(Cc5ccccc5)C(=O)[C@H]4[C@H]2C(=O)N([C@H](C)CO)C3C1=O. The summed E-state index contributed by atoms with van der Waals surface area (Å²) in [6.07, 6.45) is 6.88. The van der Waals surface area contributed by atoms with Gasteiger partial charge in [-0.1, -0.05) is 72.8 Å². The van der Waals surface area contributed by atoms with E-state index in [0.717, 1.165) is 22.4 Å². The van der Waals surface area contributed by atoms with E-state index in [1.807, 2.05) is 86.7 Å². The molecule has 8 heteroatoms. The van der Waals surface area contributed by atoms with E-state index in [9.17, 15) is 19.5 Å². The molecule has 6 rings (SSSR count). The van der Waals surface area contributed by atoms with Crippen molar-refractivity contribution in [2.75, 3.05) is 24.6 Å². The number of hydrogen-bond donors (Lipinski definition) is 1. The Morgan fingerprint density at radius 2 is 1.68 bits per heavy atom. The van der Waals surface area contributed by atoms with Crippen LogP contribution in [0, 0.1) is 25.7 Å². The lowest BCUT2D eigenvalue weighted by Gasteiger charge is -2.38. The molecular weight excluding hydrogens is 506 g/mol. The molecule has 2 fully saturated rings. The molecule has 0 radical (unpaired) electrons. The fourth-order valence-electron chi connectivity index (χ4n) is 7.07. The lowest BCUT2D eigenvalue weighted by molar-refractivity contribution is -0.146. The lowest BCUT2D eigenvalue weighted by atomic mass is 9.77. The molecule has 3 amide bonds. The Bertz CT molecular complexity index is 1380. The van der Waals surface area contributed by atoms with Crippen molar-refractivity contribution in [2.45, 2.75) is 51.1 Å². The Labute approximate surface area is 234 Å². The quantitative estimate of drug-likeness (QED) is 0.588. The van der Waals surface area contributed by atoms with E-state index in [1.165, 1.54) is 4.90 Å². The summed E-state index contributed by atoms with van der Waals surface area (Å²) in [6, 6.07) is 14.0. The summed E-state index contributed by atoms with van der Waals surface area (Å²) in [5.74, 6) is -2.43. The molecular formula is C32H35N3O5. The van der Waals surface area contributed by atoms with E-state index in [1.54, 1.807) is 16.7 Å². The molecule has 6 atom stereocenters. The number of aliphatic hydroxyl groups excluding tert-OH is 1. The summed E-state index contributed by atoms with van der Waals surface area (Å²) in [7, 11) is 0. The lowest BCUT2D eigenvalue weighted by Crippen LogP contribution is -2.58. The number of nitrogens with zero attached hydrogens (tertiary/aromatic N) is 3. The Balaban J connectivity index is 1.43. The van der Waals surface area contributed by atoms with Gasteiger partial charge in [-0.15, -0.1) is 0 Å². The molecule has 0 aliphatic carbocycles. The average Bonchev–Trinajstić information content (AvgIpc) is 3.28. The van der Waals surface area contributed by atoms with Gasteiger partial charge in [-0.05, 0) is 37.5 Å². The van der Waals surface area contributed by atoms with E-state index in [2.05, 4.69) is 0 Å². The molecule has 2 aromatic rings. The number of aryl methyl sites for hydroxylation is 2. The summed E-state index contributed by atoms with van der Waals surface area (Å²) < 4.78 is 6.71. The number of para-hydroxylation sites is 1. The second-order valence-electron chi connectivity index (χ2n) is 11.3. The number of benzene rings is 2. The van der Waals surface area contributed by atoms with Crippen LogP contribution in [0.3, 0.4) is 0 Å². The average molecular weight is 542 g/mol. The van der Waals surface area contributed by atoms with Crippen LogP contribution in [0.2, 0.25) is 0 Å². The zero-order valence-corrected chi connectivity index (χ0v) is 23.1. The van der Waals surface area contributed by atoms with Crippen LogP contribution in [0.5, 0.6) is 0 Å². The fraction of sp³-hybridized carbons (Fsp3) is 0.406. The van der Waals surface area contributed by atoms with E-state index in [4.69, 9.17) is 4.74 Å². The second-order valence-corrected chi connectivity index (χ2v) is 11.3. The van der Waals surface area contributed by atoms with Crippen LogP contribution in [-0.4, -0.2) is 76.1 Å². The van der Waals surface area contributed by atoms with Crippen molar-refractivity contribution in [1.29, 1.82) is 0 Å². The summed E-state index contributed by atoms with van der Waals surface area (Å²) in [5, 5.41) is 10.2. The highest BCUT2D eigenvalue weighted by Gasteiger charge is 2.72. The maximum absolute atomic E-state index is 14.5. The van der Waals surface area contributed by atoms with Gasteiger partial charge in [0.2, 0.25) is 11.8 Å². The molecule has 8 nitrogen and oxygen atoms in total. The second kappa shape index (κ2) is 10.0. The first kappa shape index (κ1) is 26.5. The molecule has 4 aliphatic heterocycles. The van der Waals surface area contributed by atoms with Crippen LogP contribution in [0.25, 0.3) is 0 Å². The fourth-order valence-corrected chi connectivity index (χ4v) is 7.07. The van der Waals surface area contributed by atoms with Crippen LogP contribution in [-0.2, 0) is 25.7 Å². The summed E-state index contributed by atoms with van der Waals surface area (Å²) in [5.41, 5.74) is 2.38. The number of ether oxygens (including phenoxy) is 1. The Kier molecular flexibility index (Phi) is 6.63. The van der Waals surface area contributed by atoms with Gasteiger partial charge in [0, 0.05) is 25.3 Å². The van der Waals surface area contributed by atoms with Crippen LogP contribution in [0.15, 0.2) is 72.8 Å². The molecule has 0 saturated carbocycles. The number of carbonyl (C=O) groups is 3. The zero-order valence-electron chi connectivity index (χ0n) is 23.1. The van der Waals surface area contributed by atoms with Crippen molar-refractivity contribution in [1.82, 2.24) is 9.80 Å². The maximum atomic E-state index is 14.5. The molecule has 4 heterocycles. The minimum Gasteiger partial charge on any atom is -0.394 e. The highest BCUT2D eigenvalue weighted by atomic mass is 16.5. The first-order valence-corrected chi connectivity index (χ1v) is 13.9. The molecule has 40 heavy (non-hydrogen) atoms. The van der Waals surface area contributed by atoms with Crippen molar-refractivity contribution in [3.05, 3.63) is 89.5 Å². The molecule has 1 unspecified atom stereocenters. The number of amides is 3. The van der Waals surface area contributed by atoms with Gasteiger partial charge in [0.15, 0.2) is 0 Å². The normalized spacial score (nSPS) is 30.2. The predicted molar refractivity (Wildman–Crippen MR) is 150 cm³/mol. The number of fused-ring (bicyclic) bond motifs is 2. The van der Waals surface area contributed by atoms with Gasteiger partial charge in [-0.3, -0.25) is 14.4 Å². The predicted octanol–water partition coefficient (Wildman–Crippen LogP) is 2.77. The number of hydrogen-bond acceptors (Lipinski definition) is 5. The van der Waals surface area contributed by atoms with Crippen LogP contribution in [0.1, 0.15) is 23.6 Å². The standard InChI is InChI=1S/C32H35N3O5/c1-20-10-7-11-21(2)27(20)34-17-9-15-32-26(30(38)35(22(3)19-36)28(32)31(34)39)25-24(40-32)14-8-16-33(29(25)37)18-23-12-5-4-6-13-23/h4-15,22,24-26,28,36H,16-19H2,1-3H3/t22-,24+,25-,26+,28?,32+/m1/s1. The third-order valence-corrected chi connectivity index (χ3v) is 8.84. The Morgan fingerprint density at radius 3 is 2.38 bits per heavy atom. The highest BCUT2D eigenvalue weighted by molar-refractivity contribution is 6.06. The smallest absolute Gasteiger partial charge is 0.253 e. The van der Waals surface area contributed by atoms with Crippen LogP contribution >= 0.6 is 0 Å². The maximum Gasteiger partial charge on any atom is 0.253 e. The van der Waals surface area contributed by atoms with Gasteiger partial charge in [0.1, 0.15) is 11.6 Å². The molecule has 1 spiro atoms. The highest BCUT2D eigenvalue weighted by Crippen LogP contribution is 2.54. The number of rotatable bonds is 5. The molecule has 4 aliphatic rings. The van der Waals surface area contributed by atoms with Crippen molar-refractivity contribution in [2.24, 2.45) is 11.8 Å². The summed E-state index contributed by atoms with van der Waals surface area (Å²) in [6.45, 7) is 6.48. The number of aliphatic hydroxyl groups is 1. The minimum absolute atomic E-state index is 0.164. The van der Waals surface area contributed by atoms with Crippen LogP contribution in [0.4, 0.5) is 5.69 Å². The molecule has 2 saturated heterocycles. The van der Waals surface area contributed by atoms with E-state index in [0.29, 0.717) is 19.6 Å². The van der Waals surface area contributed by atoms with Gasteiger partial charge < -0.3 is 24.5 Å². The summed E-state index contributed by atoms with van der Waals surface area (Å²) >= 11 is 0. The van der Waals surface area contributed by atoms with Crippen molar-refractivity contribution < 1.29 is 24.2 Å². The summed E-state index contributed by atoms with van der Waals surface area (Å²) in [4.78, 5) is 47.9. The first-order valence-electron chi connectivity index (χ1n) is 13.9. The molecule has 0 aromatic heterocycles. The Hall–Kier alpha value is -3.75. The van der Waals surface area contributed by atoms with E-state index in [-0.39, 0.29) is 24.3 Å². The molecule has 208 valence electrons. The van der Waals surface area contributed by atoms with Crippen molar-refractivity contribution in [3.63, 3.8) is 0 Å². The van der Waals surface area contributed by atoms with Crippen LogP contribution < -0.4 is 4.90 Å². The van der Waals surface area contributed by atoms with Crippen molar-refractivity contribution in [3.8, 4) is 0 Å². The third kappa shape index (κ3) is 3.92. The molecule has 0 bridgehead atoms. The van der Waals surface area contributed by atoms with Gasteiger partial charge in [-0.25, -0.2) is 0 Å². The molecule has 2 aromatic carbocycles. The number of anilines is 1. The van der Waals surface area contributed by atoms with Gasteiger partial charge in [-0.2, -0.15) is 0 Å². The number of likely N-dealkylation sites (tertiary alicyclic amines) is 1. The number of carbonyl (C=O) groups excluding carboxylic acids is 3. The first-order chi connectivity index (χ1) is 19.3. The largest absolute Gasteiger partial charge is 0.394 e. The van der Waals surface area contributed by atoms with E-state index >= 15 is 0 Å². The minimum atomic E-state index is -1.33. The van der Waals surface area contributed by atoms with Gasteiger partial charge >= 0.3 is 0 Å². The monoisotopic (exact) mass is 541 g/mol. The molecule has 1 N–H and O–H groups in total.